The van der Waals surface area contributed by atoms with Crippen LogP contribution in [0.4, 0.5) is 4.79 Å². The van der Waals surface area contributed by atoms with Gasteiger partial charge in [-0.25, -0.2) is 4.79 Å². The zero-order valence-corrected chi connectivity index (χ0v) is 26.0. The van der Waals surface area contributed by atoms with Crippen LogP contribution < -0.4 is 5.32 Å². The van der Waals surface area contributed by atoms with Crippen molar-refractivity contribution >= 4 is 23.6 Å². The summed E-state index contributed by atoms with van der Waals surface area (Å²) in [7, 11) is 0. The minimum atomic E-state index is -0.958. The maximum Gasteiger partial charge on any atom is 0.407 e. The molecular weight excluding hydrogens is 530 g/mol. The summed E-state index contributed by atoms with van der Waals surface area (Å²) in [5, 5.41) is 12.7. The molecule has 7 heteroatoms. The average molecular weight is 578 g/mol. The van der Waals surface area contributed by atoms with E-state index < -0.39 is 23.6 Å². The first kappa shape index (κ1) is 33.0. The van der Waals surface area contributed by atoms with Crippen LogP contribution >= 0.6 is 0 Å². The summed E-state index contributed by atoms with van der Waals surface area (Å²) in [6.07, 6.45) is 3.46. The van der Waals surface area contributed by atoms with Crippen LogP contribution in [-0.2, 0) is 20.7 Å². The normalized spacial score (nSPS) is 17.9. The van der Waals surface area contributed by atoms with E-state index in [9.17, 15) is 24.3 Å². The van der Waals surface area contributed by atoms with Crippen LogP contribution in [0.5, 0.6) is 0 Å². The summed E-state index contributed by atoms with van der Waals surface area (Å²) < 4.78 is 5.29. The maximum atomic E-state index is 13.1. The minimum absolute atomic E-state index is 0.0142. The van der Waals surface area contributed by atoms with Gasteiger partial charge in [0.15, 0.2) is 5.78 Å². The highest BCUT2D eigenvalue weighted by molar-refractivity contribution is 5.97. The van der Waals surface area contributed by atoms with Crippen LogP contribution in [0.25, 0.3) is 11.1 Å². The Kier molecular flexibility index (Phi) is 11.5. The highest BCUT2D eigenvalue weighted by Crippen LogP contribution is 2.31. The van der Waals surface area contributed by atoms with E-state index >= 15 is 0 Å². The second kappa shape index (κ2) is 14.6. The molecule has 0 aromatic heterocycles. The zero-order valence-electron chi connectivity index (χ0n) is 26.0. The zero-order chi connectivity index (χ0) is 31.0. The molecule has 0 radical (unpaired) electrons. The van der Waals surface area contributed by atoms with Gasteiger partial charge in [0.1, 0.15) is 11.4 Å². The Labute approximate surface area is 250 Å². The number of carboxylic acid groups (broad SMARTS) is 1. The van der Waals surface area contributed by atoms with Crippen molar-refractivity contribution in [1.82, 2.24) is 5.32 Å². The van der Waals surface area contributed by atoms with Gasteiger partial charge < -0.3 is 15.2 Å². The van der Waals surface area contributed by atoms with Gasteiger partial charge in [-0.05, 0) is 100.0 Å². The molecule has 1 aliphatic carbocycles. The third-order valence-electron chi connectivity index (χ3n) is 7.92. The number of benzene rings is 2. The van der Waals surface area contributed by atoms with Crippen molar-refractivity contribution < 1.29 is 29.0 Å². The molecule has 0 bridgehead atoms. The number of carbonyl (C=O) groups is 4. The molecule has 1 saturated carbocycles. The molecule has 0 unspecified atom stereocenters. The van der Waals surface area contributed by atoms with Gasteiger partial charge in [-0.2, -0.15) is 0 Å². The molecule has 0 spiro atoms. The lowest BCUT2D eigenvalue weighted by Crippen LogP contribution is -2.36. The molecule has 0 saturated heterocycles. The number of hydrogen-bond donors (Lipinski definition) is 2. The third-order valence-corrected chi connectivity index (χ3v) is 7.92. The van der Waals surface area contributed by atoms with E-state index in [4.69, 9.17) is 4.74 Å². The van der Waals surface area contributed by atoms with Crippen molar-refractivity contribution in [2.24, 2.45) is 23.7 Å². The summed E-state index contributed by atoms with van der Waals surface area (Å²) >= 11 is 0. The maximum absolute atomic E-state index is 13.1. The van der Waals surface area contributed by atoms with Gasteiger partial charge in [0, 0.05) is 30.9 Å². The molecule has 2 aromatic rings. The van der Waals surface area contributed by atoms with Crippen LogP contribution in [0, 0.1) is 30.6 Å². The quantitative estimate of drug-likeness (QED) is 0.254. The molecular formula is C35H47NO6. The Hall–Kier alpha value is -3.48. The minimum Gasteiger partial charge on any atom is -0.481 e. The Bertz CT molecular complexity index is 1250. The molecule has 1 aliphatic rings. The number of ether oxygens (including phenoxy) is 1. The number of ketones is 2. The van der Waals surface area contributed by atoms with E-state index in [1.807, 2.05) is 84.0 Å². The topological polar surface area (TPSA) is 110 Å². The van der Waals surface area contributed by atoms with Crippen LogP contribution in [-0.4, -0.2) is 40.9 Å². The van der Waals surface area contributed by atoms with Crippen LogP contribution in [0.2, 0.25) is 0 Å². The van der Waals surface area contributed by atoms with E-state index in [1.54, 1.807) is 0 Å². The monoisotopic (exact) mass is 577 g/mol. The molecule has 2 N–H and O–H groups in total. The standard InChI is InChI=1S/C35H47NO6/c1-22(2)17-31(37)28-15-16-30(23(3)18-28)26-11-7-24(8-12-26)19-29(33(39)40)20-32(38)27-13-9-25(10-14-27)21-36-34(41)42-35(4,5)6/h7-8,11-12,15-16,18,22,25,27,29H,9-10,13-14,17,19-21H2,1-6H3,(H,36,41)(H,39,40)/t25?,27?,29-/m1/s1. The first-order valence-corrected chi connectivity index (χ1v) is 15.2. The first-order valence-electron chi connectivity index (χ1n) is 15.2. The Morgan fingerprint density at radius 2 is 1.60 bits per heavy atom. The molecule has 1 amide bonds. The predicted octanol–water partition coefficient (Wildman–Crippen LogP) is 7.42. The number of hydrogen-bond acceptors (Lipinski definition) is 5. The van der Waals surface area contributed by atoms with E-state index in [0.29, 0.717) is 31.7 Å². The van der Waals surface area contributed by atoms with E-state index in [2.05, 4.69) is 5.32 Å². The second-order valence-corrected chi connectivity index (χ2v) is 13.3. The van der Waals surface area contributed by atoms with E-state index in [1.165, 1.54) is 0 Å². The highest BCUT2D eigenvalue weighted by atomic mass is 16.6. The van der Waals surface area contributed by atoms with E-state index in [0.717, 1.165) is 40.7 Å². The molecule has 7 nitrogen and oxygen atoms in total. The fourth-order valence-corrected chi connectivity index (χ4v) is 5.64. The number of nitrogens with one attached hydrogen (secondary N) is 1. The van der Waals surface area contributed by atoms with Crippen molar-refractivity contribution in [3.63, 3.8) is 0 Å². The lowest BCUT2D eigenvalue weighted by atomic mass is 9.77. The number of carbonyl (C=O) groups excluding carboxylic acids is 3. The number of rotatable bonds is 12. The van der Waals surface area contributed by atoms with Gasteiger partial charge in [-0.1, -0.05) is 50.2 Å². The third kappa shape index (κ3) is 10.1. The average Bonchev–Trinajstić information content (AvgIpc) is 2.91. The van der Waals surface area contributed by atoms with E-state index in [-0.39, 0.29) is 36.2 Å². The molecule has 1 fully saturated rings. The van der Waals surface area contributed by atoms with Gasteiger partial charge in [0.05, 0.1) is 5.92 Å². The van der Waals surface area contributed by atoms with Crippen molar-refractivity contribution in [1.29, 1.82) is 0 Å². The van der Waals surface area contributed by atoms with Crippen molar-refractivity contribution in [2.45, 2.75) is 92.1 Å². The number of Topliss-reactive ketones (excluding diaryl/α,β-unsaturated/α-hetero) is 2. The van der Waals surface area contributed by atoms with Crippen LogP contribution in [0.1, 0.15) is 94.6 Å². The smallest absolute Gasteiger partial charge is 0.407 e. The second-order valence-electron chi connectivity index (χ2n) is 13.3. The number of amides is 1. The Morgan fingerprint density at radius 3 is 2.14 bits per heavy atom. The van der Waals surface area contributed by atoms with Gasteiger partial charge in [0.25, 0.3) is 0 Å². The van der Waals surface area contributed by atoms with Crippen molar-refractivity contribution in [3.8, 4) is 11.1 Å². The van der Waals surface area contributed by atoms with Gasteiger partial charge in [0.2, 0.25) is 0 Å². The fourth-order valence-electron chi connectivity index (χ4n) is 5.64. The number of alkyl carbamates (subject to hydrolysis) is 1. The number of aryl methyl sites for hydroxylation is 1. The summed E-state index contributed by atoms with van der Waals surface area (Å²) in [4.78, 5) is 49.5. The van der Waals surface area contributed by atoms with Gasteiger partial charge in [-0.3, -0.25) is 14.4 Å². The van der Waals surface area contributed by atoms with Crippen LogP contribution in [0.15, 0.2) is 42.5 Å². The summed E-state index contributed by atoms with van der Waals surface area (Å²) in [5.74, 6) is -1.11. The largest absolute Gasteiger partial charge is 0.481 e. The Balaban J connectivity index is 1.53. The lowest BCUT2D eigenvalue weighted by Gasteiger charge is -2.29. The molecule has 0 heterocycles. The fraction of sp³-hybridized carbons (Fsp3) is 0.543. The number of aliphatic carboxylic acids is 1. The first-order chi connectivity index (χ1) is 19.7. The predicted molar refractivity (Wildman–Crippen MR) is 165 cm³/mol. The molecule has 0 aliphatic heterocycles. The van der Waals surface area contributed by atoms with Crippen LogP contribution in [0.3, 0.4) is 0 Å². The lowest BCUT2D eigenvalue weighted by molar-refractivity contribution is -0.144. The van der Waals surface area contributed by atoms with Crippen molar-refractivity contribution in [3.05, 3.63) is 59.2 Å². The Morgan fingerprint density at radius 1 is 0.952 bits per heavy atom. The van der Waals surface area contributed by atoms with Gasteiger partial charge in [-0.15, -0.1) is 0 Å². The molecule has 1 atom stereocenters. The van der Waals surface area contributed by atoms with Crippen molar-refractivity contribution in [2.75, 3.05) is 6.54 Å². The summed E-state index contributed by atoms with van der Waals surface area (Å²) in [5.41, 5.74) is 4.10. The summed E-state index contributed by atoms with van der Waals surface area (Å²) in [6.45, 7) is 12.0. The highest BCUT2D eigenvalue weighted by Gasteiger charge is 2.30. The molecule has 228 valence electrons. The number of carboxylic acids is 1. The molecule has 2 aromatic carbocycles. The molecule has 3 rings (SSSR count). The van der Waals surface area contributed by atoms with Gasteiger partial charge >= 0.3 is 12.1 Å². The molecule has 42 heavy (non-hydrogen) atoms. The SMILES string of the molecule is Cc1cc(C(=O)CC(C)C)ccc1-c1ccc(C[C@H](CC(=O)C2CCC(CNC(=O)OC(C)(C)C)CC2)C(=O)O)cc1. The summed E-state index contributed by atoms with van der Waals surface area (Å²) in [6, 6.07) is 13.6.